The molecule has 0 radical (unpaired) electrons. The largest absolute Gasteiger partial charge is 0.449 e. The van der Waals surface area contributed by atoms with Gasteiger partial charge in [-0.05, 0) is 61.1 Å². The summed E-state index contributed by atoms with van der Waals surface area (Å²) >= 11 is 11.9. The molecule has 0 unspecified atom stereocenters. The number of nitrogens with one attached hydrogen (secondary N) is 1. The molecular weight excluding hydrogens is 397 g/mol. The molecule has 2 atom stereocenters. The normalized spacial score (nSPS) is 17.0. The SMILES string of the molecule is C[C@@H](OC(=O)/C=C/c1ccc(Cl)cc1Cl)C(=O)N[C@H]1CCCc2ccccc21. The fraction of sp³-hybridized carbons (Fsp3) is 0.273. The Labute approximate surface area is 174 Å². The number of aryl methyl sites for hydroxylation is 1. The van der Waals surface area contributed by atoms with Crippen LogP contribution >= 0.6 is 23.2 Å². The van der Waals surface area contributed by atoms with Crippen LogP contribution in [0.2, 0.25) is 10.0 Å². The van der Waals surface area contributed by atoms with E-state index in [1.807, 2.05) is 18.2 Å². The first-order valence-electron chi connectivity index (χ1n) is 9.16. The van der Waals surface area contributed by atoms with Crippen molar-refractivity contribution in [3.05, 3.63) is 75.3 Å². The van der Waals surface area contributed by atoms with Crippen molar-refractivity contribution in [1.29, 1.82) is 0 Å². The van der Waals surface area contributed by atoms with Crippen LogP contribution in [-0.4, -0.2) is 18.0 Å². The first-order valence-corrected chi connectivity index (χ1v) is 9.91. The van der Waals surface area contributed by atoms with Crippen LogP contribution in [0.5, 0.6) is 0 Å². The minimum absolute atomic E-state index is 0.0537. The van der Waals surface area contributed by atoms with Crippen molar-refractivity contribution in [3.63, 3.8) is 0 Å². The van der Waals surface area contributed by atoms with Crippen molar-refractivity contribution in [1.82, 2.24) is 5.32 Å². The summed E-state index contributed by atoms with van der Waals surface area (Å²) in [6.45, 7) is 1.56. The molecule has 1 N–H and O–H groups in total. The molecule has 0 spiro atoms. The van der Waals surface area contributed by atoms with Crippen LogP contribution in [0.1, 0.15) is 42.5 Å². The Morgan fingerprint density at radius 3 is 2.79 bits per heavy atom. The van der Waals surface area contributed by atoms with Crippen molar-refractivity contribution in [2.24, 2.45) is 0 Å². The smallest absolute Gasteiger partial charge is 0.331 e. The monoisotopic (exact) mass is 417 g/mol. The number of amides is 1. The molecule has 3 rings (SSSR count). The van der Waals surface area contributed by atoms with Crippen LogP contribution in [0.25, 0.3) is 6.08 Å². The second kappa shape index (κ2) is 9.26. The van der Waals surface area contributed by atoms with Crippen LogP contribution in [-0.2, 0) is 20.7 Å². The van der Waals surface area contributed by atoms with Gasteiger partial charge in [-0.25, -0.2) is 4.79 Å². The minimum Gasteiger partial charge on any atom is -0.449 e. The second-order valence-electron chi connectivity index (χ2n) is 6.73. The number of fused-ring (bicyclic) bond motifs is 1. The third-order valence-corrected chi connectivity index (χ3v) is 5.27. The quantitative estimate of drug-likeness (QED) is 0.541. The van der Waals surface area contributed by atoms with Crippen LogP contribution in [0.4, 0.5) is 0 Å². The molecule has 2 aromatic carbocycles. The molecule has 0 aliphatic heterocycles. The van der Waals surface area contributed by atoms with Crippen molar-refractivity contribution < 1.29 is 14.3 Å². The fourth-order valence-electron chi connectivity index (χ4n) is 3.25. The number of hydrogen-bond donors (Lipinski definition) is 1. The van der Waals surface area contributed by atoms with E-state index in [4.69, 9.17) is 27.9 Å². The van der Waals surface area contributed by atoms with E-state index in [-0.39, 0.29) is 11.9 Å². The van der Waals surface area contributed by atoms with E-state index in [0.717, 1.165) is 24.8 Å². The van der Waals surface area contributed by atoms with Crippen LogP contribution in [0.3, 0.4) is 0 Å². The van der Waals surface area contributed by atoms with E-state index in [0.29, 0.717) is 15.6 Å². The average Bonchev–Trinajstić information content (AvgIpc) is 2.67. The highest BCUT2D eigenvalue weighted by Crippen LogP contribution is 2.29. The highest BCUT2D eigenvalue weighted by atomic mass is 35.5. The number of hydrogen-bond acceptors (Lipinski definition) is 3. The number of rotatable bonds is 5. The van der Waals surface area contributed by atoms with Gasteiger partial charge in [0.25, 0.3) is 5.91 Å². The Morgan fingerprint density at radius 2 is 2.00 bits per heavy atom. The van der Waals surface area contributed by atoms with Gasteiger partial charge in [-0.1, -0.05) is 53.5 Å². The van der Waals surface area contributed by atoms with E-state index in [2.05, 4.69) is 11.4 Å². The molecule has 1 aliphatic carbocycles. The van der Waals surface area contributed by atoms with E-state index in [1.54, 1.807) is 25.1 Å². The molecule has 4 nitrogen and oxygen atoms in total. The summed E-state index contributed by atoms with van der Waals surface area (Å²) in [7, 11) is 0. The van der Waals surface area contributed by atoms with Gasteiger partial charge in [0.2, 0.25) is 0 Å². The molecular formula is C22H21Cl2NO3. The van der Waals surface area contributed by atoms with Crippen LogP contribution in [0.15, 0.2) is 48.5 Å². The summed E-state index contributed by atoms with van der Waals surface area (Å²) in [5.74, 6) is -0.925. The molecule has 0 heterocycles. The van der Waals surface area contributed by atoms with Gasteiger partial charge in [0.1, 0.15) is 0 Å². The molecule has 0 saturated carbocycles. The van der Waals surface area contributed by atoms with Crippen LogP contribution < -0.4 is 5.32 Å². The summed E-state index contributed by atoms with van der Waals surface area (Å²) in [5.41, 5.74) is 3.03. The maximum absolute atomic E-state index is 12.5. The lowest BCUT2D eigenvalue weighted by Gasteiger charge is -2.27. The van der Waals surface area contributed by atoms with Crippen LogP contribution in [0, 0.1) is 0 Å². The summed E-state index contributed by atoms with van der Waals surface area (Å²) in [6, 6.07) is 13.0. The number of esters is 1. The second-order valence-corrected chi connectivity index (χ2v) is 7.57. The Bertz CT molecular complexity index is 910. The molecule has 1 aliphatic rings. The third-order valence-electron chi connectivity index (χ3n) is 4.71. The predicted octanol–water partition coefficient (Wildman–Crippen LogP) is 5.13. The van der Waals surface area contributed by atoms with E-state index in [1.165, 1.54) is 17.7 Å². The summed E-state index contributed by atoms with van der Waals surface area (Å²) in [5, 5.41) is 3.94. The molecule has 1 amide bonds. The summed E-state index contributed by atoms with van der Waals surface area (Å²) < 4.78 is 5.22. The lowest BCUT2D eigenvalue weighted by molar-refractivity contribution is -0.150. The van der Waals surface area contributed by atoms with Crippen molar-refractivity contribution in [2.75, 3.05) is 0 Å². The number of carbonyl (C=O) groups excluding carboxylic acids is 2. The Morgan fingerprint density at radius 1 is 1.21 bits per heavy atom. The number of halogens is 2. The molecule has 0 aromatic heterocycles. The lowest BCUT2D eigenvalue weighted by Crippen LogP contribution is -2.39. The van der Waals surface area contributed by atoms with Gasteiger partial charge in [-0.15, -0.1) is 0 Å². The Balaban J connectivity index is 1.57. The molecule has 2 aromatic rings. The summed E-state index contributed by atoms with van der Waals surface area (Å²) in [6.07, 6.45) is 4.79. The van der Waals surface area contributed by atoms with Crippen molar-refractivity contribution in [3.8, 4) is 0 Å². The van der Waals surface area contributed by atoms with E-state index >= 15 is 0 Å². The molecule has 28 heavy (non-hydrogen) atoms. The zero-order chi connectivity index (χ0) is 20.1. The predicted molar refractivity (Wildman–Crippen MR) is 111 cm³/mol. The number of ether oxygens (including phenoxy) is 1. The van der Waals surface area contributed by atoms with Gasteiger partial charge in [0.05, 0.1) is 6.04 Å². The Kier molecular flexibility index (Phi) is 6.76. The molecule has 0 fully saturated rings. The van der Waals surface area contributed by atoms with Crippen molar-refractivity contribution >= 4 is 41.2 Å². The maximum Gasteiger partial charge on any atom is 0.331 e. The third kappa shape index (κ3) is 5.15. The van der Waals surface area contributed by atoms with Crippen molar-refractivity contribution in [2.45, 2.75) is 38.3 Å². The highest BCUT2D eigenvalue weighted by Gasteiger charge is 2.24. The summed E-state index contributed by atoms with van der Waals surface area (Å²) in [4.78, 5) is 24.5. The highest BCUT2D eigenvalue weighted by molar-refractivity contribution is 6.35. The molecule has 6 heteroatoms. The van der Waals surface area contributed by atoms with Gasteiger partial charge in [-0.3, -0.25) is 4.79 Å². The van der Waals surface area contributed by atoms with E-state index in [9.17, 15) is 9.59 Å². The average molecular weight is 418 g/mol. The zero-order valence-corrected chi connectivity index (χ0v) is 17.0. The maximum atomic E-state index is 12.5. The topological polar surface area (TPSA) is 55.4 Å². The number of carbonyl (C=O) groups is 2. The lowest BCUT2D eigenvalue weighted by atomic mass is 9.87. The number of benzene rings is 2. The van der Waals surface area contributed by atoms with Gasteiger partial charge in [-0.2, -0.15) is 0 Å². The first kappa shape index (κ1) is 20.4. The van der Waals surface area contributed by atoms with Gasteiger partial charge in [0.15, 0.2) is 6.10 Å². The van der Waals surface area contributed by atoms with Gasteiger partial charge in [0, 0.05) is 16.1 Å². The fourth-order valence-corrected chi connectivity index (χ4v) is 3.73. The van der Waals surface area contributed by atoms with Gasteiger partial charge >= 0.3 is 5.97 Å². The molecule has 146 valence electrons. The standard InChI is InChI=1S/C22H21Cl2NO3/c1-14(28-21(26)12-10-16-9-11-17(23)13-19(16)24)22(27)25-20-8-4-6-15-5-2-3-7-18(15)20/h2-3,5,7,9-14,20H,4,6,8H2,1H3,(H,25,27)/b12-10+/t14-,20+/m1/s1. The minimum atomic E-state index is -0.896. The molecule has 0 bridgehead atoms. The molecule has 0 saturated heterocycles. The first-order chi connectivity index (χ1) is 13.4. The Hall–Kier alpha value is -2.30. The van der Waals surface area contributed by atoms with Gasteiger partial charge < -0.3 is 10.1 Å². The zero-order valence-electron chi connectivity index (χ0n) is 15.5. The van der Waals surface area contributed by atoms with E-state index < -0.39 is 12.1 Å².